The Morgan fingerprint density at radius 2 is 2.00 bits per heavy atom. The van der Waals surface area contributed by atoms with Gasteiger partial charge in [0.1, 0.15) is 17.2 Å². The fourth-order valence-electron chi connectivity index (χ4n) is 2.47. The second kappa shape index (κ2) is 8.66. The van der Waals surface area contributed by atoms with Crippen LogP contribution in [0.15, 0.2) is 59.7 Å². The Kier molecular flexibility index (Phi) is 5.84. The van der Waals surface area contributed by atoms with E-state index in [9.17, 15) is 4.79 Å². The van der Waals surface area contributed by atoms with E-state index in [4.69, 9.17) is 9.47 Å². The third-order valence-electron chi connectivity index (χ3n) is 3.78. The highest BCUT2D eigenvalue weighted by molar-refractivity contribution is 5.94. The molecule has 0 bridgehead atoms. The van der Waals surface area contributed by atoms with Crippen molar-refractivity contribution in [1.82, 2.24) is 15.6 Å². The number of benzene rings is 2. The summed E-state index contributed by atoms with van der Waals surface area (Å²) in [4.78, 5) is 12.2. The third kappa shape index (κ3) is 4.52. The van der Waals surface area contributed by atoms with Gasteiger partial charge >= 0.3 is 0 Å². The minimum Gasteiger partial charge on any atom is -0.496 e. The Hall–Kier alpha value is -3.61. The lowest BCUT2D eigenvalue weighted by atomic mass is 10.1. The molecule has 3 aromatic rings. The summed E-state index contributed by atoms with van der Waals surface area (Å²) in [5.41, 5.74) is 5.05. The van der Waals surface area contributed by atoms with Crippen molar-refractivity contribution < 1.29 is 14.3 Å². The molecule has 1 aromatic heterocycles. The molecular formula is C20H20N4O3. The van der Waals surface area contributed by atoms with Gasteiger partial charge < -0.3 is 9.47 Å². The number of aromatic nitrogens is 2. The normalized spacial score (nSPS) is 10.7. The molecule has 0 unspecified atom stereocenters. The summed E-state index contributed by atoms with van der Waals surface area (Å²) in [5.74, 6) is 1.09. The maximum atomic E-state index is 12.2. The largest absolute Gasteiger partial charge is 0.496 e. The molecule has 0 aliphatic carbocycles. The Morgan fingerprint density at radius 1 is 1.22 bits per heavy atom. The number of aromatic amines is 1. The van der Waals surface area contributed by atoms with Crippen molar-refractivity contribution in [1.29, 1.82) is 0 Å². The van der Waals surface area contributed by atoms with Crippen molar-refractivity contribution in [3.8, 4) is 22.8 Å². The summed E-state index contributed by atoms with van der Waals surface area (Å²) in [7, 11) is 1.59. The highest BCUT2D eigenvalue weighted by Gasteiger charge is 2.13. The van der Waals surface area contributed by atoms with E-state index in [0.29, 0.717) is 23.7 Å². The van der Waals surface area contributed by atoms with E-state index in [1.165, 1.54) is 0 Å². The van der Waals surface area contributed by atoms with E-state index in [-0.39, 0.29) is 5.91 Å². The smallest absolute Gasteiger partial charge is 0.289 e. The van der Waals surface area contributed by atoms with Crippen LogP contribution in [0.4, 0.5) is 0 Å². The monoisotopic (exact) mass is 364 g/mol. The topological polar surface area (TPSA) is 88.6 Å². The minimum absolute atomic E-state index is 0.305. The van der Waals surface area contributed by atoms with Crippen molar-refractivity contribution in [2.75, 3.05) is 13.7 Å². The molecule has 7 nitrogen and oxygen atoms in total. The molecule has 0 spiro atoms. The molecule has 0 aliphatic rings. The lowest BCUT2D eigenvalue weighted by Crippen LogP contribution is -2.17. The Bertz CT molecular complexity index is 932. The van der Waals surface area contributed by atoms with Gasteiger partial charge in [-0.3, -0.25) is 9.89 Å². The van der Waals surface area contributed by atoms with Crippen molar-refractivity contribution in [3.63, 3.8) is 0 Å². The Balaban J connectivity index is 1.64. The number of ether oxygens (including phenoxy) is 2. The van der Waals surface area contributed by atoms with Gasteiger partial charge in [0.05, 0.1) is 25.6 Å². The molecule has 1 heterocycles. The molecular weight excluding hydrogens is 344 g/mol. The molecule has 3 rings (SSSR count). The zero-order valence-electron chi connectivity index (χ0n) is 15.1. The first-order valence-corrected chi connectivity index (χ1v) is 8.46. The summed E-state index contributed by atoms with van der Waals surface area (Å²) >= 11 is 0. The molecule has 0 saturated heterocycles. The van der Waals surface area contributed by atoms with E-state index in [2.05, 4.69) is 20.7 Å². The number of H-pyrrole nitrogens is 1. The number of hydrogen-bond donors (Lipinski definition) is 2. The summed E-state index contributed by atoms with van der Waals surface area (Å²) in [6.45, 7) is 2.55. The van der Waals surface area contributed by atoms with Crippen LogP contribution in [0.1, 0.15) is 23.0 Å². The average molecular weight is 364 g/mol. The second-order valence-electron chi connectivity index (χ2n) is 5.57. The van der Waals surface area contributed by atoms with E-state index in [1.54, 1.807) is 19.4 Å². The number of hydrazone groups is 1. The lowest BCUT2D eigenvalue weighted by molar-refractivity contribution is 0.0950. The van der Waals surface area contributed by atoms with E-state index >= 15 is 0 Å². The molecule has 2 N–H and O–H groups in total. The molecule has 2 aromatic carbocycles. The fourth-order valence-corrected chi connectivity index (χ4v) is 2.47. The van der Waals surface area contributed by atoms with E-state index in [1.807, 2.05) is 55.5 Å². The number of hydrogen-bond acceptors (Lipinski definition) is 5. The minimum atomic E-state index is -0.383. The number of carbonyl (C=O) groups is 1. The number of para-hydroxylation sites is 1. The summed E-state index contributed by atoms with van der Waals surface area (Å²) in [5, 5.41) is 10.9. The first-order valence-electron chi connectivity index (χ1n) is 8.46. The zero-order valence-corrected chi connectivity index (χ0v) is 15.1. The van der Waals surface area contributed by atoms with Gasteiger partial charge in [-0.25, -0.2) is 5.43 Å². The van der Waals surface area contributed by atoms with Crippen LogP contribution in [0.25, 0.3) is 11.3 Å². The van der Waals surface area contributed by atoms with Crippen LogP contribution in [0.5, 0.6) is 11.5 Å². The molecule has 27 heavy (non-hydrogen) atoms. The predicted molar refractivity (Wildman–Crippen MR) is 103 cm³/mol. The first kappa shape index (κ1) is 18.2. The fraction of sp³-hybridized carbons (Fsp3) is 0.150. The molecule has 0 atom stereocenters. The molecule has 138 valence electrons. The van der Waals surface area contributed by atoms with E-state index < -0.39 is 0 Å². The number of nitrogens with zero attached hydrogens (tertiary/aromatic N) is 2. The van der Waals surface area contributed by atoms with Gasteiger partial charge in [-0.05, 0) is 55.0 Å². The third-order valence-corrected chi connectivity index (χ3v) is 3.78. The summed E-state index contributed by atoms with van der Waals surface area (Å²) in [6.07, 6.45) is 1.56. The van der Waals surface area contributed by atoms with E-state index in [0.717, 1.165) is 16.9 Å². The maximum Gasteiger partial charge on any atom is 0.289 e. The lowest BCUT2D eigenvalue weighted by Gasteiger charge is -2.04. The Morgan fingerprint density at radius 3 is 2.74 bits per heavy atom. The summed E-state index contributed by atoms with van der Waals surface area (Å²) in [6, 6.07) is 16.5. The van der Waals surface area contributed by atoms with Crippen LogP contribution in [0.3, 0.4) is 0 Å². The van der Waals surface area contributed by atoms with Crippen LogP contribution >= 0.6 is 0 Å². The van der Waals surface area contributed by atoms with Gasteiger partial charge in [0.25, 0.3) is 5.91 Å². The standard InChI is InChI=1S/C20H20N4O3/c1-3-27-15-10-8-14(9-11-15)13-21-24-20(25)18-12-17(22-23-18)16-6-4-5-7-19(16)26-2/h4-13H,3H2,1-2H3,(H,22,23)(H,24,25). The van der Waals surface area contributed by atoms with Crippen molar-refractivity contribution >= 4 is 12.1 Å². The second-order valence-corrected chi connectivity index (χ2v) is 5.57. The SMILES string of the molecule is CCOc1ccc(C=NNC(=O)c2cc(-c3ccccc3OC)n[nH]2)cc1. The van der Waals surface area contributed by atoms with Gasteiger partial charge in [-0.2, -0.15) is 10.2 Å². The van der Waals surface area contributed by atoms with Gasteiger partial charge in [0.2, 0.25) is 0 Å². The van der Waals surface area contributed by atoms with Gasteiger partial charge in [-0.15, -0.1) is 0 Å². The number of carbonyl (C=O) groups excluding carboxylic acids is 1. The van der Waals surface area contributed by atoms with Gasteiger partial charge in [0.15, 0.2) is 0 Å². The average Bonchev–Trinajstić information content (AvgIpc) is 3.19. The highest BCUT2D eigenvalue weighted by Crippen LogP contribution is 2.28. The summed E-state index contributed by atoms with van der Waals surface area (Å²) < 4.78 is 10.7. The molecule has 0 fully saturated rings. The first-order chi connectivity index (χ1) is 13.2. The zero-order chi connectivity index (χ0) is 19.1. The molecule has 7 heteroatoms. The van der Waals surface area contributed by atoms with Gasteiger partial charge in [0, 0.05) is 5.56 Å². The number of amides is 1. The van der Waals surface area contributed by atoms with Crippen molar-refractivity contribution in [2.24, 2.45) is 5.10 Å². The highest BCUT2D eigenvalue weighted by atomic mass is 16.5. The van der Waals surface area contributed by atoms with Crippen LogP contribution in [-0.2, 0) is 0 Å². The Labute approximate surface area is 157 Å². The van der Waals surface area contributed by atoms with Crippen LogP contribution in [0, 0.1) is 0 Å². The van der Waals surface area contributed by atoms with Crippen molar-refractivity contribution in [3.05, 3.63) is 65.9 Å². The maximum absolute atomic E-state index is 12.2. The molecule has 0 saturated carbocycles. The molecule has 0 radical (unpaired) electrons. The van der Waals surface area contributed by atoms with Crippen molar-refractivity contribution in [2.45, 2.75) is 6.92 Å². The van der Waals surface area contributed by atoms with Crippen LogP contribution in [-0.4, -0.2) is 36.0 Å². The predicted octanol–water partition coefficient (Wildman–Crippen LogP) is 3.25. The number of methoxy groups -OCH3 is 1. The van der Waals surface area contributed by atoms with Crippen LogP contribution in [0.2, 0.25) is 0 Å². The van der Waals surface area contributed by atoms with Crippen LogP contribution < -0.4 is 14.9 Å². The quantitative estimate of drug-likeness (QED) is 0.497. The number of rotatable bonds is 7. The molecule has 1 amide bonds. The van der Waals surface area contributed by atoms with Gasteiger partial charge in [-0.1, -0.05) is 12.1 Å². The molecule has 0 aliphatic heterocycles. The number of nitrogens with one attached hydrogen (secondary N) is 2.